The molecule has 0 saturated carbocycles. The Bertz CT molecular complexity index is 363. The third-order valence-electron chi connectivity index (χ3n) is 2.31. The number of hydrogen-bond donors (Lipinski definition) is 1. The van der Waals surface area contributed by atoms with Crippen LogP contribution in [0.5, 0.6) is 0 Å². The van der Waals surface area contributed by atoms with E-state index < -0.39 is 5.97 Å². The zero-order chi connectivity index (χ0) is 11.6. The Balaban J connectivity index is 0.00000225. The molecule has 0 aliphatic heterocycles. The lowest BCUT2D eigenvalue weighted by atomic mass is 10.1. The van der Waals surface area contributed by atoms with E-state index in [-0.39, 0.29) is 24.1 Å². The molecule has 1 aromatic rings. The second kappa shape index (κ2) is 5.86. The molecule has 1 aromatic heterocycles. The molecule has 0 bridgehead atoms. The molecule has 0 saturated heterocycles. The summed E-state index contributed by atoms with van der Waals surface area (Å²) in [5.41, 5.74) is 4.18. The SMILES string of the molecule is COC(=O)c1nc([C@@H]([NH3+])C(C)C)oc1C.[Cl-]. The Morgan fingerprint density at radius 2 is 2.06 bits per heavy atom. The number of oxazole rings is 1. The molecule has 0 radical (unpaired) electrons. The number of carbonyl (C=O) groups is 1. The summed E-state index contributed by atoms with van der Waals surface area (Å²) < 4.78 is 9.98. The van der Waals surface area contributed by atoms with Crippen LogP contribution in [0, 0.1) is 12.8 Å². The molecule has 0 amide bonds. The second-order valence-corrected chi connectivity index (χ2v) is 3.80. The van der Waals surface area contributed by atoms with Crippen molar-refractivity contribution >= 4 is 5.97 Å². The van der Waals surface area contributed by atoms with Gasteiger partial charge in [-0.2, -0.15) is 0 Å². The third kappa shape index (κ3) is 2.96. The van der Waals surface area contributed by atoms with Gasteiger partial charge in [0.15, 0.2) is 11.7 Å². The Morgan fingerprint density at radius 3 is 2.50 bits per heavy atom. The average molecular weight is 249 g/mol. The number of methoxy groups -OCH3 is 1. The normalized spacial score (nSPS) is 12.1. The molecule has 0 aliphatic carbocycles. The first kappa shape index (κ1) is 14.9. The highest BCUT2D eigenvalue weighted by atomic mass is 35.5. The quantitative estimate of drug-likeness (QED) is 0.611. The molecule has 16 heavy (non-hydrogen) atoms. The van der Waals surface area contributed by atoms with Gasteiger partial charge < -0.3 is 27.3 Å². The van der Waals surface area contributed by atoms with Gasteiger partial charge in [0.1, 0.15) is 5.76 Å². The monoisotopic (exact) mass is 248 g/mol. The fourth-order valence-corrected chi connectivity index (χ4v) is 1.15. The maximum Gasteiger partial charge on any atom is 0.360 e. The molecule has 1 rings (SSSR count). The van der Waals surface area contributed by atoms with Crippen LogP contribution in [0.4, 0.5) is 0 Å². The van der Waals surface area contributed by atoms with Crippen LogP contribution in [0.1, 0.15) is 42.0 Å². The highest BCUT2D eigenvalue weighted by Gasteiger charge is 2.25. The van der Waals surface area contributed by atoms with Crippen molar-refractivity contribution in [1.29, 1.82) is 0 Å². The van der Waals surface area contributed by atoms with Crippen LogP contribution in [0.3, 0.4) is 0 Å². The van der Waals surface area contributed by atoms with Crippen molar-refractivity contribution in [2.75, 3.05) is 7.11 Å². The summed E-state index contributed by atoms with van der Waals surface area (Å²) in [5, 5.41) is 0. The lowest BCUT2D eigenvalue weighted by Gasteiger charge is -2.06. The molecule has 1 atom stereocenters. The Labute approximate surface area is 101 Å². The first-order valence-electron chi connectivity index (χ1n) is 4.86. The predicted octanol–water partition coefficient (Wildman–Crippen LogP) is -2.29. The van der Waals surface area contributed by atoms with E-state index in [2.05, 4.69) is 15.5 Å². The summed E-state index contributed by atoms with van der Waals surface area (Å²) in [6.45, 7) is 5.74. The van der Waals surface area contributed by atoms with Crippen LogP contribution >= 0.6 is 0 Å². The molecule has 0 unspecified atom stereocenters. The number of esters is 1. The average Bonchev–Trinajstić information content (AvgIpc) is 2.57. The standard InChI is InChI=1S/C10H16N2O3.ClH/c1-5(2)7(11)9-12-8(6(3)15-9)10(13)14-4;/h5,7H,11H2,1-4H3;1H/t7-;/m0./s1. The zero-order valence-corrected chi connectivity index (χ0v) is 10.7. The van der Waals surface area contributed by atoms with Gasteiger partial charge in [0, 0.05) is 5.92 Å². The number of carbonyl (C=O) groups excluding carboxylic acids is 1. The van der Waals surface area contributed by atoms with Crippen LogP contribution in [-0.2, 0) is 4.74 Å². The zero-order valence-electron chi connectivity index (χ0n) is 9.91. The van der Waals surface area contributed by atoms with E-state index in [0.717, 1.165) is 0 Å². The van der Waals surface area contributed by atoms with Crippen molar-refractivity contribution in [2.45, 2.75) is 26.8 Å². The number of nitrogens with zero attached hydrogens (tertiary/aromatic N) is 1. The number of rotatable bonds is 3. The van der Waals surface area contributed by atoms with Gasteiger partial charge in [-0.15, -0.1) is 0 Å². The van der Waals surface area contributed by atoms with Crippen molar-refractivity contribution in [3.05, 3.63) is 17.3 Å². The molecule has 5 nitrogen and oxygen atoms in total. The molecule has 3 N–H and O–H groups in total. The van der Waals surface area contributed by atoms with E-state index >= 15 is 0 Å². The van der Waals surface area contributed by atoms with Gasteiger partial charge in [-0.05, 0) is 6.92 Å². The van der Waals surface area contributed by atoms with Crippen molar-refractivity contribution in [3.8, 4) is 0 Å². The van der Waals surface area contributed by atoms with Crippen LogP contribution in [-0.4, -0.2) is 18.1 Å². The Morgan fingerprint density at radius 1 is 1.50 bits per heavy atom. The minimum atomic E-state index is -0.474. The maximum absolute atomic E-state index is 11.3. The third-order valence-corrected chi connectivity index (χ3v) is 2.31. The number of aromatic nitrogens is 1. The van der Waals surface area contributed by atoms with E-state index in [1.54, 1.807) is 6.92 Å². The van der Waals surface area contributed by atoms with Crippen LogP contribution in [0.25, 0.3) is 0 Å². The van der Waals surface area contributed by atoms with Gasteiger partial charge >= 0.3 is 5.97 Å². The lowest BCUT2D eigenvalue weighted by Crippen LogP contribution is -3.00. The number of hydrogen-bond acceptors (Lipinski definition) is 4. The first-order chi connectivity index (χ1) is 6.97. The van der Waals surface area contributed by atoms with Crippen molar-refractivity contribution in [2.24, 2.45) is 5.92 Å². The predicted molar refractivity (Wildman–Crippen MR) is 53.0 cm³/mol. The van der Waals surface area contributed by atoms with Crippen LogP contribution < -0.4 is 18.1 Å². The van der Waals surface area contributed by atoms with Crippen molar-refractivity contribution in [1.82, 2.24) is 4.98 Å². The minimum absolute atomic E-state index is 0. The maximum atomic E-state index is 11.3. The van der Waals surface area contributed by atoms with Gasteiger partial charge in [-0.1, -0.05) is 13.8 Å². The molecule has 0 aliphatic rings. The van der Waals surface area contributed by atoms with Gasteiger partial charge in [0.05, 0.1) is 7.11 Å². The number of quaternary nitrogens is 1. The van der Waals surface area contributed by atoms with Gasteiger partial charge in [-0.3, -0.25) is 0 Å². The molecule has 92 valence electrons. The smallest absolute Gasteiger partial charge is 0.360 e. The van der Waals surface area contributed by atoms with Crippen LogP contribution in [0.2, 0.25) is 0 Å². The van der Waals surface area contributed by atoms with E-state index in [0.29, 0.717) is 17.6 Å². The summed E-state index contributed by atoms with van der Waals surface area (Å²) in [7, 11) is 1.32. The summed E-state index contributed by atoms with van der Waals surface area (Å²) >= 11 is 0. The van der Waals surface area contributed by atoms with Crippen molar-refractivity contribution < 1.29 is 32.1 Å². The summed E-state index contributed by atoms with van der Waals surface area (Å²) in [4.78, 5) is 15.4. The molecule has 6 heteroatoms. The molecule has 1 heterocycles. The van der Waals surface area contributed by atoms with Crippen molar-refractivity contribution in [3.63, 3.8) is 0 Å². The molecule has 0 aromatic carbocycles. The van der Waals surface area contributed by atoms with Gasteiger partial charge in [0.2, 0.25) is 0 Å². The summed E-state index contributed by atoms with van der Waals surface area (Å²) in [5.74, 6) is 0.807. The summed E-state index contributed by atoms with van der Waals surface area (Å²) in [6.07, 6.45) is 0. The van der Waals surface area contributed by atoms with E-state index in [1.807, 2.05) is 13.8 Å². The number of aryl methyl sites for hydroxylation is 1. The minimum Gasteiger partial charge on any atom is -1.00 e. The summed E-state index contributed by atoms with van der Waals surface area (Å²) in [6, 6.07) is -0.0536. The van der Waals surface area contributed by atoms with E-state index in [9.17, 15) is 4.79 Å². The molecule has 0 fully saturated rings. The highest BCUT2D eigenvalue weighted by molar-refractivity contribution is 5.88. The Hall–Kier alpha value is -1.07. The first-order valence-corrected chi connectivity index (χ1v) is 4.86. The van der Waals surface area contributed by atoms with E-state index in [1.165, 1.54) is 7.11 Å². The van der Waals surface area contributed by atoms with Crippen LogP contribution in [0.15, 0.2) is 4.42 Å². The number of halogens is 1. The second-order valence-electron chi connectivity index (χ2n) is 3.80. The number of ether oxygens (including phenoxy) is 1. The Kier molecular flexibility index (Phi) is 5.47. The van der Waals surface area contributed by atoms with Gasteiger partial charge in [0.25, 0.3) is 5.89 Å². The van der Waals surface area contributed by atoms with Gasteiger partial charge in [-0.25, -0.2) is 9.78 Å². The molecular formula is C10H17ClN2O3. The lowest BCUT2D eigenvalue weighted by molar-refractivity contribution is -0.443. The highest BCUT2D eigenvalue weighted by Crippen LogP contribution is 2.19. The fourth-order valence-electron chi connectivity index (χ4n) is 1.15. The van der Waals surface area contributed by atoms with E-state index in [4.69, 9.17) is 4.42 Å². The fraction of sp³-hybridized carbons (Fsp3) is 0.600. The molecule has 0 spiro atoms. The largest absolute Gasteiger partial charge is 1.00 e. The molecular weight excluding hydrogens is 232 g/mol. The topological polar surface area (TPSA) is 80.0 Å².